The van der Waals surface area contributed by atoms with E-state index in [-0.39, 0.29) is 26.1 Å². The topological polar surface area (TPSA) is 111 Å². The molecule has 0 bridgehead atoms. The highest BCUT2D eigenvalue weighted by Gasteiger charge is 2.21. The zero-order valence-electron chi connectivity index (χ0n) is 39.2. The number of esters is 2. The third-order valence-corrected chi connectivity index (χ3v) is 11.7. The number of nitrogens with zero attached hydrogens (tertiary/aromatic N) is 1. The van der Waals surface area contributed by atoms with Gasteiger partial charge in [-0.3, -0.25) is 14.2 Å². The van der Waals surface area contributed by atoms with Crippen LogP contribution in [0.2, 0.25) is 0 Å². The summed E-state index contributed by atoms with van der Waals surface area (Å²) in [7, 11) is 1.15. The molecule has 0 saturated heterocycles. The molecule has 0 spiro atoms. The molecule has 0 aromatic heterocycles. The molecule has 0 fully saturated rings. The van der Waals surface area contributed by atoms with Gasteiger partial charge in [0.2, 0.25) is 0 Å². The molecule has 59 heavy (non-hydrogen) atoms. The summed E-state index contributed by atoms with van der Waals surface area (Å²) in [5.74, 6) is -0.876. The second-order valence-electron chi connectivity index (χ2n) is 17.8. The van der Waals surface area contributed by atoms with E-state index in [2.05, 4.69) is 38.2 Å². The van der Waals surface area contributed by atoms with Crippen molar-refractivity contribution in [2.45, 2.75) is 232 Å². The minimum absolute atomic E-state index is 0.0346. The average Bonchev–Trinajstić information content (AvgIpc) is 3.19. The number of hydrogen-bond donors (Lipinski definition) is 0. The lowest BCUT2D eigenvalue weighted by molar-refractivity contribution is -0.870. The Kier molecular flexibility index (Phi) is 40.8. The third kappa shape index (κ3) is 45.8. The standard InChI is InChI=1S/C49H94NO8P/c1-6-8-10-12-14-16-18-20-22-24-26-28-30-32-34-36-38-40-42-49(52)58-47(46-57-59(53,54)56-44-43-50(3,4)5)45-55-48(51)41-39-37-35-33-31-29-27-25-23-21-19-17-15-13-11-9-7-2/h27,29,33,35,47H,6-26,28,30-32,34,36-46H2,1-5H3/b29-27+,35-33+/t47-/m1/s1. The summed E-state index contributed by atoms with van der Waals surface area (Å²) in [5.41, 5.74) is 0. The van der Waals surface area contributed by atoms with Crippen molar-refractivity contribution in [2.75, 3.05) is 47.5 Å². The number of likely N-dealkylation sites (N-methyl/N-ethyl adjacent to an activating group) is 1. The molecule has 2 atom stereocenters. The lowest BCUT2D eigenvalue weighted by Crippen LogP contribution is -2.37. The van der Waals surface area contributed by atoms with Crippen molar-refractivity contribution < 1.29 is 42.1 Å². The SMILES string of the molecule is CCCCCCCCCCC/C=C/C/C=C/CCCC(=O)OC[C@H](COP(=O)([O-])OCC[N+](C)(C)C)OC(=O)CCCCCCCCCCCCCCCCCCCC. The molecule has 0 aliphatic carbocycles. The molecule has 0 rings (SSSR count). The van der Waals surface area contributed by atoms with Crippen molar-refractivity contribution in [3.05, 3.63) is 24.3 Å². The van der Waals surface area contributed by atoms with E-state index in [1.54, 1.807) is 0 Å². The van der Waals surface area contributed by atoms with Gasteiger partial charge in [-0.25, -0.2) is 0 Å². The fourth-order valence-corrected chi connectivity index (χ4v) is 7.60. The van der Waals surface area contributed by atoms with Gasteiger partial charge in [0.1, 0.15) is 19.8 Å². The van der Waals surface area contributed by atoms with Crippen LogP contribution in [-0.2, 0) is 32.7 Å². The highest BCUT2D eigenvalue weighted by atomic mass is 31.2. The Labute approximate surface area is 364 Å². The van der Waals surface area contributed by atoms with Crippen LogP contribution in [0.3, 0.4) is 0 Å². The Morgan fingerprint density at radius 3 is 1.39 bits per heavy atom. The Balaban J connectivity index is 4.32. The maximum Gasteiger partial charge on any atom is 0.306 e. The summed E-state index contributed by atoms with van der Waals surface area (Å²) in [6.45, 7) is 4.22. The summed E-state index contributed by atoms with van der Waals surface area (Å²) >= 11 is 0. The zero-order chi connectivity index (χ0) is 43.6. The molecule has 0 aliphatic heterocycles. The fraction of sp³-hybridized carbons (Fsp3) is 0.878. The van der Waals surface area contributed by atoms with Gasteiger partial charge >= 0.3 is 11.9 Å². The average molecular weight is 856 g/mol. The van der Waals surface area contributed by atoms with Crippen LogP contribution in [0.15, 0.2) is 24.3 Å². The first-order chi connectivity index (χ1) is 28.5. The van der Waals surface area contributed by atoms with E-state index in [1.807, 2.05) is 21.1 Å². The smallest absolute Gasteiger partial charge is 0.306 e. The van der Waals surface area contributed by atoms with E-state index in [1.165, 1.54) is 154 Å². The van der Waals surface area contributed by atoms with Crippen LogP contribution < -0.4 is 4.89 Å². The molecule has 9 nitrogen and oxygen atoms in total. The molecule has 0 aliphatic rings. The number of hydrogen-bond acceptors (Lipinski definition) is 8. The predicted octanol–water partition coefficient (Wildman–Crippen LogP) is 13.7. The summed E-state index contributed by atoms with van der Waals surface area (Å²) in [5, 5.41) is 0. The summed E-state index contributed by atoms with van der Waals surface area (Å²) in [6, 6.07) is 0. The highest BCUT2D eigenvalue weighted by Crippen LogP contribution is 2.38. The van der Waals surface area contributed by atoms with Gasteiger partial charge in [-0.1, -0.05) is 199 Å². The number of carbonyl (C=O) groups is 2. The van der Waals surface area contributed by atoms with Crippen LogP contribution in [0.4, 0.5) is 0 Å². The molecule has 0 aromatic rings. The van der Waals surface area contributed by atoms with Crippen LogP contribution in [0.1, 0.15) is 226 Å². The van der Waals surface area contributed by atoms with E-state index in [0.717, 1.165) is 32.1 Å². The van der Waals surface area contributed by atoms with Gasteiger partial charge in [0.25, 0.3) is 7.82 Å². The molecule has 0 amide bonds. The molecular weight excluding hydrogens is 762 g/mol. The Hall–Kier alpha value is -1.51. The minimum Gasteiger partial charge on any atom is -0.756 e. The molecule has 0 aromatic carbocycles. The summed E-state index contributed by atoms with van der Waals surface area (Å²) < 4.78 is 33.9. The van der Waals surface area contributed by atoms with Gasteiger partial charge in [-0.15, -0.1) is 0 Å². The number of ether oxygens (including phenoxy) is 2. The van der Waals surface area contributed by atoms with Gasteiger partial charge in [0.05, 0.1) is 27.7 Å². The number of carbonyl (C=O) groups excluding carboxylic acids is 2. The van der Waals surface area contributed by atoms with Gasteiger partial charge in [-0.2, -0.15) is 0 Å². The van der Waals surface area contributed by atoms with Crippen molar-refractivity contribution in [3.63, 3.8) is 0 Å². The number of allylic oxidation sites excluding steroid dienone is 4. The molecule has 10 heteroatoms. The van der Waals surface area contributed by atoms with Crippen LogP contribution in [0.25, 0.3) is 0 Å². The van der Waals surface area contributed by atoms with Crippen molar-refractivity contribution >= 4 is 19.8 Å². The first-order valence-electron chi connectivity index (χ1n) is 24.5. The number of phosphoric acid groups is 1. The Bertz CT molecular complexity index is 1060. The van der Waals surface area contributed by atoms with Gasteiger partial charge in [0.15, 0.2) is 6.10 Å². The van der Waals surface area contributed by atoms with Crippen LogP contribution in [-0.4, -0.2) is 70.0 Å². The lowest BCUT2D eigenvalue weighted by atomic mass is 10.0. The van der Waals surface area contributed by atoms with Crippen molar-refractivity contribution in [1.29, 1.82) is 0 Å². The second kappa shape index (κ2) is 41.8. The maximum atomic E-state index is 12.7. The molecule has 0 N–H and O–H groups in total. The Morgan fingerprint density at radius 1 is 0.525 bits per heavy atom. The maximum absolute atomic E-state index is 12.7. The van der Waals surface area contributed by atoms with Crippen molar-refractivity contribution in [1.82, 2.24) is 0 Å². The number of rotatable bonds is 45. The van der Waals surface area contributed by atoms with E-state index in [4.69, 9.17) is 18.5 Å². The van der Waals surface area contributed by atoms with E-state index >= 15 is 0 Å². The van der Waals surface area contributed by atoms with Crippen molar-refractivity contribution in [2.24, 2.45) is 0 Å². The zero-order valence-corrected chi connectivity index (χ0v) is 40.1. The van der Waals surface area contributed by atoms with Crippen LogP contribution in [0, 0.1) is 0 Å². The monoisotopic (exact) mass is 856 g/mol. The Morgan fingerprint density at radius 2 is 0.932 bits per heavy atom. The van der Waals surface area contributed by atoms with Gasteiger partial charge < -0.3 is 27.9 Å². The van der Waals surface area contributed by atoms with E-state index in [0.29, 0.717) is 23.9 Å². The lowest BCUT2D eigenvalue weighted by Gasteiger charge is -2.28. The second-order valence-corrected chi connectivity index (χ2v) is 19.2. The highest BCUT2D eigenvalue weighted by molar-refractivity contribution is 7.45. The van der Waals surface area contributed by atoms with E-state index in [9.17, 15) is 19.0 Å². The first-order valence-corrected chi connectivity index (χ1v) is 26.0. The fourth-order valence-electron chi connectivity index (χ4n) is 6.87. The molecule has 0 radical (unpaired) electrons. The predicted molar refractivity (Wildman–Crippen MR) is 245 cm³/mol. The van der Waals surface area contributed by atoms with Gasteiger partial charge in [0, 0.05) is 12.8 Å². The number of quaternary nitrogens is 1. The first kappa shape index (κ1) is 57.5. The molecule has 0 saturated carbocycles. The number of unbranched alkanes of at least 4 members (excludes halogenated alkanes) is 27. The van der Waals surface area contributed by atoms with Crippen LogP contribution >= 0.6 is 7.82 Å². The van der Waals surface area contributed by atoms with Crippen LogP contribution in [0.5, 0.6) is 0 Å². The molecule has 1 unspecified atom stereocenters. The van der Waals surface area contributed by atoms with E-state index < -0.39 is 32.5 Å². The minimum atomic E-state index is -4.63. The molecule has 348 valence electrons. The summed E-state index contributed by atoms with van der Waals surface area (Å²) in [6.07, 6.45) is 46.4. The molecular formula is C49H94NO8P. The quantitative estimate of drug-likeness (QED) is 0.0196. The van der Waals surface area contributed by atoms with Crippen molar-refractivity contribution in [3.8, 4) is 0 Å². The summed E-state index contributed by atoms with van der Waals surface area (Å²) in [4.78, 5) is 37.6. The molecule has 0 heterocycles. The normalized spacial score (nSPS) is 13.7. The number of phosphoric ester groups is 1. The largest absolute Gasteiger partial charge is 0.756 e. The third-order valence-electron chi connectivity index (χ3n) is 10.7. The van der Waals surface area contributed by atoms with Gasteiger partial charge in [-0.05, 0) is 38.5 Å².